The van der Waals surface area contributed by atoms with Crippen molar-refractivity contribution in [1.29, 1.82) is 0 Å². The van der Waals surface area contributed by atoms with Crippen LogP contribution in [-0.4, -0.2) is 34.3 Å². The van der Waals surface area contributed by atoms with Crippen molar-refractivity contribution in [3.05, 3.63) is 35.5 Å². The molecule has 1 aliphatic heterocycles. The molecule has 130 valence electrons. The second-order valence-corrected chi connectivity index (χ2v) is 7.42. The van der Waals surface area contributed by atoms with Gasteiger partial charge in [0.1, 0.15) is 5.60 Å². The highest BCUT2D eigenvalue weighted by molar-refractivity contribution is 5.85. The zero-order valence-electron chi connectivity index (χ0n) is 14.6. The Morgan fingerprint density at radius 1 is 1.38 bits per heavy atom. The topological polar surface area (TPSA) is 34.5 Å². The molecule has 2 heterocycles. The predicted molar refractivity (Wildman–Crippen MR) is 88.1 cm³/mol. The number of rotatable bonds is 1. The molecule has 0 saturated heterocycles. The molecule has 1 aromatic carbocycles. The largest absolute Gasteiger partial charge is 0.444 e. The highest BCUT2D eigenvalue weighted by Crippen LogP contribution is 2.36. The summed E-state index contributed by atoms with van der Waals surface area (Å²) in [6, 6.07) is 2.55. The molecule has 2 atom stereocenters. The monoisotopic (exact) mass is 336 g/mol. The number of aromatic nitrogens is 1. The lowest BCUT2D eigenvalue weighted by molar-refractivity contribution is 0.0174. The van der Waals surface area contributed by atoms with E-state index in [2.05, 4.69) is 0 Å². The van der Waals surface area contributed by atoms with Crippen molar-refractivity contribution in [3.8, 4) is 0 Å². The van der Waals surface area contributed by atoms with Gasteiger partial charge in [0, 0.05) is 18.6 Å². The molecule has 24 heavy (non-hydrogen) atoms. The van der Waals surface area contributed by atoms with Crippen LogP contribution in [0, 0.1) is 11.6 Å². The first-order valence-electron chi connectivity index (χ1n) is 8.03. The Bertz CT molecular complexity index is 807. The number of amides is 1. The van der Waals surface area contributed by atoms with Gasteiger partial charge in [0.25, 0.3) is 0 Å². The summed E-state index contributed by atoms with van der Waals surface area (Å²) in [4.78, 5) is 13.9. The van der Waals surface area contributed by atoms with Crippen molar-refractivity contribution in [1.82, 2.24) is 9.47 Å². The summed E-state index contributed by atoms with van der Waals surface area (Å²) >= 11 is 0. The summed E-state index contributed by atoms with van der Waals surface area (Å²) in [5.41, 5.74) is 0.819. The van der Waals surface area contributed by atoms with Crippen LogP contribution in [0.4, 0.5) is 13.6 Å². The summed E-state index contributed by atoms with van der Waals surface area (Å²) in [5, 5.41) is 0.287. The number of carbonyl (C=O) groups excluding carboxylic acids is 1. The molecule has 0 unspecified atom stereocenters. The smallest absolute Gasteiger partial charge is 0.410 e. The Morgan fingerprint density at radius 2 is 2.04 bits per heavy atom. The number of nitrogens with zero attached hydrogens (tertiary/aromatic N) is 2. The summed E-state index contributed by atoms with van der Waals surface area (Å²) < 4.78 is 35.2. The number of halogens is 2. The molecule has 4 nitrogen and oxygen atoms in total. The lowest BCUT2D eigenvalue weighted by Gasteiger charge is -2.38. The molecule has 2 aromatic rings. The number of likely N-dealkylation sites (N-methyl/N-ethyl adjacent to an activating group) is 1. The third-order valence-electron chi connectivity index (χ3n) is 4.57. The van der Waals surface area contributed by atoms with Crippen LogP contribution in [-0.2, 0) is 11.2 Å². The molecular formula is C18H22F2N2O2. The van der Waals surface area contributed by atoms with Gasteiger partial charge >= 0.3 is 6.09 Å². The minimum Gasteiger partial charge on any atom is -0.444 e. The molecule has 0 saturated carbocycles. The highest BCUT2D eigenvalue weighted by atomic mass is 19.2. The fourth-order valence-corrected chi connectivity index (χ4v) is 3.38. The Kier molecular flexibility index (Phi) is 3.81. The van der Waals surface area contributed by atoms with Crippen molar-refractivity contribution in [3.63, 3.8) is 0 Å². The standard InChI is InChI=1S/C18H22F2N2O2/c1-10-14(21(5)17(23)24-18(2,3)4)9-11-8-13(19)15(20)12-6-7-22(10)16(11)12/h6-8,10,14H,9H2,1-5H3/t10-,14+/m0/s1. The maximum Gasteiger partial charge on any atom is 0.410 e. The molecule has 0 N–H and O–H groups in total. The van der Waals surface area contributed by atoms with E-state index in [0.29, 0.717) is 17.5 Å². The summed E-state index contributed by atoms with van der Waals surface area (Å²) in [6.45, 7) is 7.40. The van der Waals surface area contributed by atoms with Crippen LogP contribution in [0.1, 0.15) is 39.3 Å². The Hall–Kier alpha value is -2.11. The first-order valence-corrected chi connectivity index (χ1v) is 8.03. The van der Waals surface area contributed by atoms with Gasteiger partial charge in [-0.15, -0.1) is 0 Å². The average molecular weight is 336 g/mol. The van der Waals surface area contributed by atoms with E-state index in [1.165, 1.54) is 6.07 Å². The minimum atomic E-state index is -0.858. The maximum atomic E-state index is 14.0. The molecule has 1 amide bonds. The molecule has 0 spiro atoms. The number of benzene rings is 1. The van der Waals surface area contributed by atoms with Crippen molar-refractivity contribution >= 4 is 17.0 Å². The third kappa shape index (κ3) is 2.64. The number of hydrogen-bond donors (Lipinski definition) is 0. The Labute approximate surface area is 140 Å². The maximum absolute atomic E-state index is 14.0. The van der Waals surface area contributed by atoms with Crippen LogP contribution < -0.4 is 0 Å². The predicted octanol–water partition coefficient (Wildman–Crippen LogP) is 4.27. The van der Waals surface area contributed by atoms with Crippen molar-refractivity contribution in [2.75, 3.05) is 7.05 Å². The van der Waals surface area contributed by atoms with Crippen LogP contribution in [0.2, 0.25) is 0 Å². The van der Waals surface area contributed by atoms with Crippen molar-refractivity contribution in [2.24, 2.45) is 0 Å². The average Bonchev–Trinajstić information content (AvgIpc) is 2.91. The number of hydrogen-bond acceptors (Lipinski definition) is 2. The molecule has 1 aliphatic rings. The molecule has 3 rings (SSSR count). The fraction of sp³-hybridized carbons (Fsp3) is 0.500. The van der Waals surface area contributed by atoms with Crippen LogP contribution in [0.5, 0.6) is 0 Å². The van der Waals surface area contributed by atoms with Crippen LogP contribution >= 0.6 is 0 Å². The molecule has 6 heteroatoms. The molecule has 0 bridgehead atoms. The number of ether oxygens (including phenoxy) is 1. The highest BCUT2D eigenvalue weighted by Gasteiger charge is 2.35. The van der Waals surface area contributed by atoms with E-state index in [1.807, 2.05) is 32.3 Å². The van der Waals surface area contributed by atoms with E-state index < -0.39 is 23.3 Å². The lowest BCUT2D eigenvalue weighted by Crippen LogP contribution is -2.46. The van der Waals surface area contributed by atoms with Gasteiger partial charge in [-0.25, -0.2) is 13.6 Å². The van der Waals surface area contributed by atoms with Crippen LogP contribution in [0.3, 0.4) is 0 Å². The lowest BCUT2D eigenvalue weighted by atomic mass is 9.93. The Morgan fingerprint density at radius 3 is 2.67 bits per heavy atom. The van der Waals surface area contributed by atoms with Gasteiger partial charge in [-0.1, -0.05) is 0 Å². The van der Waals surface area contributed by atoms with E-state index in [4.69, 9.17) is 4.74 Å². The van der Waals surface area contributed by atoms with Gasteiger partial charge in [-0.2, -0.15) is 0 Å². The molecule has 0 radical (unpaired) electrons. The first kappa shape index (κ1) is 16.7. The van der Waals surface area contributed by atoms with E-state index >= 15 is 0 Å². The summed E-state index contributed by atoms with van der Waals surface area (Å²) in [7, 11) is 1.68. The van der Waals surface area contributed by atoms with Crippen LogP contribution in [0.25, 0.3) is 10.9 Å². The van der Waals surface area contributed by atoms with E-state index in [0.717, 1.165) is 0 Å². The van der Waals surface area contributed by atoms with Gasteiger partial charge in [0.2, 0.25) is 0 Å². The zero-order chi connectivity index (χ0) is 17.8. The van der Waals surface area contributed by atoms with Gasteiger partial charge in [-0.3, -0.25) is 0 Å². The van der Waals surface area contributed by atoms with E-state index in [9.17, 15) is 13.6 Å². The number of carbonyl (C=O) groups is 1. The van der Waals surface area contributed by atoms with E-state index in [1.54, 1.807) is 24.2 Å². The molecule has 0 aliphatic carbocycles. The normalized spacial score (nSPS) is 20.3. The second kappa shape index (κ2) is 5.46. The SMILES string of the molecule is C[C@H]1[C@H](N(C)C(=O)OC(C)(C)C)Cc2cc(F)c(F)c3ccn1c23. The zero-order valence-corrected chi connectivity index (χ0v) is 14.6. The molecular weight excluding hydrogens is 314 g/mol. The van der Waals surface area contributed by atoms with Gasteiger partial charge < -0.3 is 14.2 Å². The van der Waals surface area contributed by atoms with Crippen molar-refractivity contribution in [2.45, 2.75) is 51.8 Å². The summed E-state index contributed by atoms with van der Waals surface area (Å²) in [5.74, 6) is -1.68. The van der Waals surface area contributed by atoms with Gasteiger partial charge in [-0.05, 0) is 51.8 Å². The van der Waals surface area contributed by atoms with E-state index in [-0.39, 0.29) is 17.5 Å². The van der Waals surface area contributed by atoms with Gasteiger partial charge in [0.05, 0.1) is 17.6 Å². The van der Waals surface area contributed by atoms with Gasteiger partial charge in [0.15, 0.2) is 11.6 Å². The third-order valence-corrected chi connectivity index (χ3v) is 4.57. The first-order chi connectivity index (χ1) is 11.1. The van der Waals surface area contributed by atoms with Crippen molar-refractivity contribution < 1.29 is 18.3 Å². The quantitative estimate of drug-likeness (QED) is 0.779. The minimum absolute atomic E-state index is 0.0719. The van der Waals surface area contributed by atoms with Crippen LogP contribution in [0.15, 0.2) is 18.3 Å². The summed E-state index contributed by atoms with van der Waals surface area (Å²) in [6.07, 6.45) is 1.78. The fourth-order valence-electron chi connectivity index (χ4n) is 3.38. The molecule has 1 aromatic heterocycles. The Balaban J connectivity index is 1.97. The second-order valence-electron chi connectivity index (χ2n) is 7.42. The molecule has 0 fully saturated rings.